The molecule has 8 heteroatoms. The summed E-state index contributed by atoms with van der Waals surface area (Å²) < 4.78 is 24.7. The highest BCUT2D eigenvalue weighted by atomic mass is 80.0. The molecule has 0 radical (unpaired) electrons. The summed E-state index contributed by atoms with van der Waals surface area (Å²) in [6.07, 6.45) is 0. The van der Waals surface area contributed by atoms with Crippen LogP contribution in [0, 0.1) is 0 Å². The van der Waals surface area contributed by atoms with Gasteiger partial charge in [-0.05, 0) is 58.6 Å². The van der Waals surface area contributed by atoms with Crippen molar-refractivity contribution in [3.63, 3.8) is 0 Å². The number of hydrogen-bond acceptors (Lipinski definition) is 2. The molecule has 0 amide bonds. The van der Waals surface area contributed by atoms with Gasteiger partial charge in [0, 0.05) is 0 Å². The molecule has 0 aliphatic rings. The molecule has 0 aliphatic carbocycles. The Kier molecular flexibility index (Phi) is 4.41. The van der Waals surface area contributed by atoms with Gasteiger partial charge < -0.3 is 0 Å². The van der Waals surface area contributed by atoms with E-state index in [1.165, 1.54) is 12.1 Å². The van der Waals surface area contributed by atoms with Gasteiger partial charge in [0.1, 0.15) is 0 Å². The maximum atomic E-state index is 11.6. The van der Waals surface area contributed by atoms with Gasteiger partial charge in [-0.25, -0.2) is 0 Å². The van der Waals surface area contributed by atoms with E-state index in [4.69, 9.17) is 0 Å². The lowest BCUT2D eigenvalue weighted by Crippen LogP contribution is -1.93. The molecule has 0 saturated heterocycles. The van der Waals surface area contributed by atoms with Gasteiger partial charge in [0.25, 0.3) is 10.0 Å². The van der Waals surface area contributed by atoms with Crippen molar-refractivity contribution >= 4 is 59.7 Å². The largest absolute Gasteiger partial charge is 0.283 e. The minimum atomic E-state index is -3.58. The van der Waals surface area contributed by atoms with Crippen LogP contribution in [0.1, 0.15) is 0 Å². The van der Waals surface area contributed by atoms with E-state index in [2.05, 4.69) is 50.6 Å². The predicted molar refractivity (Wildman–Crippen MR) is 69.8 cm³/mol. The van der Waals surface area contributed by atoms with Crippen LogP contribution in [-0.4, -0.2) is 8.42 Å². The number of halogens is 3. The number of sulfonamides is 1. The Hall–Kier alpha value is 0.840. The Morgan fingerprint density at radius 2 is 1.57 bits per heavy atom. The molecule has 0 aliphatic heterocycles. The second-order valence-electron chi connectivity index (χ2n) is 2.29. The first kappa shape index (κ1) is 12.9. The van der Waals surface area contributed by atoms with Gasteiger partial charge >= 0.3 is 0 Å². The molecule has 1 aromatic rings. The minimum absolute atomic E-state index is 0.183. The summed E-state index contributed by atoms with van der Waals surface area (Å²) in [5.74, 6) is 0. The molecule has 3 nitrogen and oxygen atoms in total. The first-order chi connectivity index (χ1) is 6.31. The molecule has 0 spiro atoms. The molecule has 14 heavy (non-hydrogen) atoms. The molecule has 78 valence electrons. The molecule has 0 fully saturated rings. The van der Waals surface area contributed by atoms with Gasteiger partial charge in [-0.15, -0.1) is 4.15 Å². The van der Waals surface area contributed by atoms with E-state index < -0.39 is 13.2 Å². The van der Waals surface area contributed by atoms with E-state index in [0.29, 0.717) is 0 Å². The Morgan fingerprint density at radius 3 is 2.00 bits per heavy atom. The van der Waals surface area contributed by atoms with Gasteiger partial charge in [0.15, 0.2) is 3.16 Å². The lowest BCUT2D eigenvalue weighted by molar-refractivity contribution is 0.598. The van der Waals surface area contributed by atoms with Crippen LogP contribution in [-0.2, 0) is 10.0 Å². The third-order valence-corrected chi connectivity index (χ3v) is 7.21. The Labute approximate surface area is 107 Å². The van der Waals surface area contributed by atoms with Crippen LogP contribution in [0.25, 0.3) is 0 Å². The van der Waals surface area contributed by atoms with E-state index in [0.717, 1.165) is 0 Å². The Bertz CT molecular complexity index is 459. The average molecular weight is 426 g/mol. The second-order valence-corrected chi connectivity index (χ2v) is 23.0. The summed E-state index contributed by atoms with van der Waals surface area (Å²) in [5.41, 5.74) is 0. The standard InChI is InChI=1S/C6H5Br3NO2PS/c7-13(8,9)10-14(11,12)6-4-2-1-3-5-6/h1-5H. The van der Waals surface area contributed by atoms with Crippen LogP contribution >= 0.6 is 49.6 Å². The van der Waals surface area contributed by atoms with Crippen molar-refractivity contribution in [3.05, 3.63) is 30.3 Å². The monoisotopic (exact) mass is 423 g/mol. The van der Waals surface area contributed by atoms with E-state index in [1.807, 2.05) is 0 Å². The van der Waals surface area contributed by atoms with Gasteiger partial charge in [0.2, 0.25) is 0 Å². The lowest BCUT2D eigenvalue weighted by atomic mass is 10.4. The van der Waals surface area contributed by atoms with E-state index in [1.54, 1.807) is 18.2 Å². The molecule has 0 aromatic heterocycles. The smallest absolute Gasteiger partial charge is 0.199 e. The highest BCUT2D eigenvalue weighted by molar-refractivity contribution is 9.94. The molecule has 0 unspecified atom stereocenters. The molecule has 0 N–H and O–H groups in total. The van der Waals surface area contributed by atoms with Crippen LogP contribution in [0.5, 0.6) is 0 Å². The molecule has 0 atom stereocenters. The summed E-state index contributed by atoms with van der Waals surface area (Å²) in [5, 5.41) is 0. The maximum absolute atomic E-state index is 11.6. The summed E-state index contributed by atoms with van der Waals surface area (Å²) in [4.78, 5) is 0.183. The van der Waals surface area contributed by atoms with Gasteiger partial charge in [-0.1, -0.05) is 18.2 Å². The maximum Gasteiger partial charge on any atom is 0.283 e. The second kappa shape index (κ2) is 4.78. The predicted octanol–water partition coefficient (Wildman–Crippen LogP) is 4.51. The van der Waals surface area contributed by atoms with Crippen LogP contribution < -0.4 is 0 Å². The zero-order chi connectivity index (χ0) is 10.8. The number of benzene rings is 1. The average Bonchev–Trinajstić information content (AvgIpc) is 2.01. The molecule has 1 rings (SSSR count). The van der Waals surface area contributed by atoms with Crippen molar-refractivity contribution in [1.29, 1.82) is 0 Å². The van der Waals surface area contributed by atoms with Gasteiger partial charge in [0.05, 0.1) is 4.90 Å². The van der Waals surface area contributed by atoms with Crippen molar-refractivity contribution in [1.82, 2.24) is 0 Å². The summed E-state index contributed by atoms with van der Waals surface area (Å²) in [6.45, 7) is 0. The van der Waals surface area contributed by atoms with E-state index in [9.17, 15) is 8.42 Å². The zero-order valence-electron chi connectivity index (χ0n) is 6.64. The fourth-order valence-electron chi connectivity index (χ4n) is 0.761. The van der Waals surface area contributed by atoms with Crippen molar-refractivity contribution in [2.24, 2.45) is 4.15 Å². The first-order valence-electron chi connectivity index (χ1n) is 3.34. The lowest BCUT2D eigenvalue weighted by Gasteiger charge is -2.01. The molecule has 0 bridgehead atoms. The third kappa shape index (κ3) is 4.14. The number of nitrogens with zero attached hydrogens (tertiary/aromatic N) is 1. The van der Waals surface area contributed by atoms with Crippen LogP contribution in [0.2, 0.25) is 0 Å². The van der Waals surface area contributed by atoms with E-state index in [-0.39, 0.29) is 4.90 Å². The summed E-state index contributed by atoms with van der Waals surface area (Å²) in [6, 6.07) is 8.05. The van der Waals surface area contributed by atoms with Crippen LogP contribution in [0.3, 0.4) is 0 Å². The van der Waals surface area contributed by atoms with Crippen molar-refractivity contribution < 1.29 is 8.42 Å². The summed E-state index contributed by atoms with van der Waals surface area (Å²) >= 11 is 9.33. The Morgan fingerprint density at radius 1 is 1.07 bits per heavy atom. The minimum Gasteiger partial charge on any atom is -0.199 e. The van der Waals surface area contributed by atoms with Crippen LogP contribution in [0.15, 0.2) is 39.4 Å². The molecule has 0 heterocycles. The number of hydrogen-bond donors (Lipinski definition) is 0. The number of rotatable bonds is 2. The summed E-state index contributed by atoms with van der Waals surface area (Å²) in [7, 11) is -3.58. The molecular formula is C6H5Br3NO2PS. The van der Waals surface area contributed by atoms with Gasteiger partial charge in [-0.2, -0.15) is 8.42 Å². The van der Waals surface area contributed by atoms with Gasteiger partial charge in [-0.3, -0.25) is 0 Å². The van der Waals surface area contributed by atoms with Crippen LogP contribution in [0.4, 0.5) is 0 Å². The third-order valence-electron chi connectivity index (χ3n) is 1.24. The molecular weight excluding hydrogens is 421 g/mol. The first-order valence-corrected chi connectivity index (χ1v) is 12.6. The van der Waals surface area contributed by atoms with E-state index >= 15 is 0 Å². The van der Waals surface area contributed by atoms with Crippen molar-refractivity contribution in [3.8, 4) is 0 Å². The van der Waals surface area contributed by atoms with Crippen molar-refractivity contribution in [2.45, 2.75) is 4.90 Å². The van der Waals surface area contributed by atoms with Crippen molar-refractivity contribution in [2.75, 3.05) is 0 Å². The fourth-order valence-corrected chi connectivity index (χ4v) is 7.22. The highest BCUT2D eigenvalue weighted by Crippen LogP contribution is 2.72. The fraction of sp³-hybridized carbons (Fsp3) is 0. The normalized spacial score (nSPS) is 12.5. The molecule has 0 saturated carbocycles. The topological polar surface area (TPSA) is 46.5 Å². The SMILES string of the molecule is O=S(=O)(N=P(Br)(Br)Br)c1ccccc1. The molecule has 1 aromatic carbocycles. The highest BCUT2D eigenvalue weighted by Gasteiger charge is 2.16. The Balaban J connectivity index is 3.25. The quantitative estimate of drug-likeness (QED) is 0.655. The zero-order valence-corrected chi connectivity index (χ0v) is 13.1.